The highest BCUT2D eigenvalue weighted by Crippen LogP contribution is 2.37. The molecule has 1 amide bonds. The molecule has 8 heteroatoms. The first-order chi connectivity index (χ1) is 14.9. The fourth-order valence-electron chi connectivity index (χ4n) is 4.51. The van der Waals surface area contributed by atoms with Gasteiger partial charge in [-0.15, -0.1) is 0 Å². The molecule has 1 saturated carbocycles. The number of nitrogens with one attached hydrogen (secondary N) is 2. The topological polar surface area (TPSA) is 94.1 Å². The van der Waals surface area contributed by atoms with Crippen LogP contribution in [-0.2, 0) is 11.3 Å². The van der Waals surface area contributed by atoms with Crippen molar-refractivity contribution in [2.24, 2.45) is 5.92 Å². The summed E-state index contributed by atoms with van der Waals surface area (Å²) in [7, 11) is 1.59. The molecule has 1 saturated heterocycles. The van der Waals surface area contributed by atoms with Crippen molar-refractivity contribution in [3.8, 4) is 5.75 Å². The first kappa shape index (κ1) is 21.5. The summed E-state index contributed by atoms with van der Waals surface area (Å²) in [6.07, 6.45) is -1.89. The van der Waals surface area contributed by atoms with Crippen molar-refractivity contribution < 1.29 is 19.7 Å². The van der Waals surface area contributed by atoms with Crippen molar-refractivity contribution in [3.63, 3.8) is 0 Å². The lowest BCUT2D eigenvalue weighted by atomic mass is 9.77. The predicted molar refractivity (Wildman–Crippen MR) is 122 cm³/mol. The number of carbonyl (C=O) groups is 1. The fraction of sp³-hybridized carbons (Fsp3) is 0.391. The van der Waals surface area contributed by atoms with E-state index >= 15 is 0 Å². The Hall–Kier alpha value is -2.68. The molecule has 4 N–H and O–H groups in total. The Labute approximate surface area is 187 Å². The second kappa shape index (κ2) is 8.82. The molecule has 0 bridgehead atoms. The van der Waals surface area contributed by atoms with Crippen molar-refractivity contribution in [2.75, 3.05) is 12.0 Å². The van der Waals surface area contributed by atoms with E-state index in [9.17, 15) is 15.0 Å². The number of benzene rings is 2. The van der Waals surface area contributed by atoms with Gasteiger partial charge in [0.05, 0.1) is 31.2 Å². The van der Waals surface area contributed by atoms with E-state index in [1.807, 2.05) is 60.4 Å². The Morgan fingerprint density at radius 1 is 1.23 bits per heavy atom. The predicted octanol–water partition coefficient (Wildman–Crippen LogP) is 1.49. The van der Waals surface area contributed by atoms with Crippen LogP contribution in [0.3, 0.4) is 0 Å². The molecule has 5 atom stereocenters. The van der Waals surface area contributed by atoms with Crippen LogP contribution in [0.2, 0.25) is 0 Å². The Kier molecular flexibility index (Phi) is 6.13. The van der Waals surface area contributed by atoms with Gasteiger partial charge >= 0.3 is 0 Å². The Balaban J connectivity index is 1.59. The maximum atomic E-state index is 13.3. The van der Waals surface area contributed by atoms with Crippen LogP contribution in [0, 0.1) is 12.8 Å². The smallest absolute Gasteiger partial charge is 0.225 e. The summed E-state index contributed by atoms with van der Waals surface area (Å²) in [6, 6.07) is 14.4. The standard InChI is InChI=1S/C23H27N3O4S/c1-13-7-9-15(10-8-13)26-20-16(11-17(27)21(28)19(20)25-23(26)31)22(29)24-12-14-5-3-4-6-18(14)30-2/h3-10,16-17,19-21,27-28H,11-12H2,1-2H3,(H,24,29)(H,25,31)/t16-,17-,19-,20+,21+/m1/s1. The van der Waals surface area contributed by atoms with E-state index in [2.05, 4.69) is 10.6 Å². The van der Waals surface area contributed by atoms with E-state index in [1.165, 1.54) is 0 Å². The largest absolute Gasteiger partial charge is 0.496 e. The number of aliphatic hydroxyl groups excluding tert-OH is 2. The minimum Gasteiger partial charge on any atom is -0.496 e. The lowest BCUT2D eigenvalue weighted by Gasteiger charge is -2.41. The number of carbonyl (C=O) groups excluding carboxylic acids is 1. The SMILES string of the molecule is COc1ccccc1CNC(=O)[C@@H]1C[C@@H](O)[C@H](O)[C@@H]2NC(=S)N(c3ccc(C)cc3)[C@H]21. The molecule has 1 heterocycles. The van der Waals surface area contributed by atoms with Gasteiger partial charge in [-0.2, -0.15) is 0 Å². The average Bonchev–Trinajstić information content (AvgIpc) is 3.12. The highest BCUT2D eigenvalue weighted by molar-refractivity contribution is 7.80. The van der Waals surface area contributed by atoms with Crippen LogP contribution in [0.5, 0.6) is 5.75 Å². The number of methoxy groups -OCH3 is 1. The van der Waals surface area contributed by atoms with Crippen molar-refractivity contribution >= 4 is 28.9 Å². The molecule has 0 radical (unpaired) electrons. The van der Waals surface area contributed by atoms with Crippen LogP contribution in [0.25, 0.3) is 0 Å². The van der Waals surface area contributed by atoms with Crippen molar-refractivity contribution in [1.29, 1.82) is 0 Å². The summed E-state index contributed by atoms with van der Waals surface area (Å²) in [5.41, 5.74) is 2.83. The monoisotopic (exact) mass is 441 g/mol. The maximum Gasteiger partial charge on any atom is 0.225 e. The number of thiocarbonyl (C=S) groups is 1. The lowest BCUT2D eigenvalue weighted by Crippen LogP contribution is -2.60. The van der Waals surface area contributed by atoms with Gasteiger partial charge < -0.3 is 30.5 Å². The van der Waals surface area contributed by atoms with Gasteiger partial charge in [-0.05, 0) is 43.8 Å². The van der Waals surface area contributed by atoms with E-state index in [1.54, 1.807) is 7.11 Å². The maximum absolute atomic E-state index is 13.3. The minimum atomic E-state index is -1.02. The van der Waals surface area contributed by atoms with Gasteiger partial charge in [0, 0.05) is 17.8 Å². The van der Waals surface area contributed by atoms with Gasteiger partial charge in [0.2, 0.25) is 5.91 Å². The molecular weight excluding hydrogens is 414 g/mol. The third-order valence-corrected chi connectivity index (χ3v) is 6.45. The molecule has 0 aromatic heterocycles. The number of ether oxygens (including phenoxy) is 1. The molecule has 2 fully saturated rings. The number of amides is 1. The molecule has 1 aliphatic heterocycles. The molecule has 2 aromatic carbocycles. The van der Waals surface area contributed by atoms with E-state index in [0.717, 1.165) is 16.8 Å². The number of aliphatic hydroxyl groups is 2. The van der Waals surface area contributed by atoms with E-state index in [0.29, 0.717) is 17.4 Å². The molecule has 7 nitrogen and oxygen atoms in total. The normalized spacial score (nSPS) is 27.4. The van der Waals surface area contributed by atoms with Crippen molar-refractivity contribution in [2.45, 2.75) is 44.2 Å². The molecule has 0 unspecified atom stereocenters. The second-order valence-electron chi connectivity index (χ2n) is 8.10. The first-order valence-electron chi connectivity index (χ1n) is 10.3. The molecule has 164 valence electrons. The van der Waals surface area contributed by atoms with Crippen LogP contribution in [-0.4, -0.2) is 52.6 Å². The number of hydrogen-bond acceptors (Lipinski definition) is 5. The highest BCUT2D eigenvalue weighted by atomic mass is 32.1. The number of para-hydroxylation sites is 1. The molecule has 2 aromatic rings. The van der Waals surface area contributed by atoms with Crippen LogP contribution in [0.4, 0.5) is 5.69 Å². The number of aryl methyl sites for hydroxylation is 1. The van der Waals surface area contributed by atoms with Crippen LogP contribution < -0.4 is 20.3 Å². The van der Waals surface area contributed by atoms with Crippen LogP contribution in [0.15, 0.2) is 48.5 Å². The summed E-state index contributed by atoms with van der Waals surface area (Å²) in [5, 5.41) is 27.6. The lowest BCUT2D eigenvalue weighted by molar-refractivity contribution is -0.131. The highest BCUT2D eigenvalue weighted by Gasteiger charge is 2.53. The molecule has 0 spiro atoms. The summed E-state index contributed by atoms with van der Waals surface area (Å²) < 4.78 is 5.36. The first-order valence-corrected chi connectivity index (χ1v) is 10.7. The van der Waals surface area contributed by atoms with Gasteiger partial charge in [-0.25, -0.2) is 0 Å². The second-order valence-corrected chi connectivity index (χ2v) is 8.49. The van der Waals surface area contributed by atoms with Crippen LogP contribution >= 0.6 is 12.2 Å². The number of hydrogen-bond donors (Lipinski definition) is 4. The van der Waals surface area contributed by atoms with Crippen molar-refractivity contribution in [3.05, 3.63) is 59.7 Å². The minimum absolute atomic E-state index is 0.146. The summed E-state index contributed by atoms with van der Waals surface area (Å²) in [5.74, 6) is -0.0624. The number of rotatable bonds is 5. The van der Waals surface area contributed by atoms with Gasteiger partial charge in [0.15, 0.2) is 5.11 Å². The Morgan fingerprint density at radius 3 is 2.65 bits per heavy atom. The third kappa shape index (κ3) is 4.11. The molecule has 31 heavy (non-hydrogen) atoms. The Bertz CT molecular complexity index is 968. The van der Waals surface area contributed by atoms with E-state index in [-0.39, 0.29) is 12.3 Å². The van der Waals surface area contributed by atoms with Gasteiger partial charge in [-0.3, -0.25) is 4.79 Å². The quantitative estimate of drug-likeness (QED) is 0.523. The zero-order valence-corrected chi connectivity index (χ0v) is 18.3. The zero-order valence-electron chi connectivity index (χ0n) is 17.5. The summed E-state index contributed by atoms with van der Waals surface area (Å²) in [4.78, 5) is 15.2. The molecule has 4 rings (SSSR count). The third-order valence-electron chi connectivity index (χ3n) is 6.14. The zero-order chi connectivity index (χ0) is 22.1. The number of anilines is 1. The Morgan fingerprint density at radius 2 is 1.94 bits per heavy atom. The summed E-state index contributed by atoms with van der Waals surface area (Å²) in [6.45, 7) is 2.31. The molecule has 1 aliphatic carbocycles. The van der Waals surface area contributed by atoms with Gasteiger partial charge in [-0.1, -0.05) is 35.9 Å². The fourth-order valence-corrected chi connectivity index (χ4v) is 4.87. The number of nitrogens with zero attached hydrogens (tertiary/aromatic N) is 1. The van der Waals surface area contributed by atoms with E-state index in [4.69, 9.17) is 17.0 Å². The molecular formula is C23H27N3O4S. The van der Waals surface area contributed by atoms with Crippen molar-refractivity contribution in [1.82, 2.24) is 10.6 Å². The number of fused-ring (bicyclic) bond motifs is 1. The summed E-state index contributed by atoms with van der Waals surface area (Å²) >= 11 is 5.55. The molecule has 2 aliphatic rings. The average molecular weight is 442 g/mol. The van der Waals surface area contributed by atoms with E-state index < -0.39 is 30.2 Å². The van der Waals surface area contributed by atoms with Gasteiger partial charge in [0.25, 0.3) is 0 Å². The van der Waals surface area contributed by atoms with Gasteiger partial charge in [0.1, 0.15) is 11.9 Å². The van der Waals surface area contributed by atoms with Crippen LogP contribution in [0.1, 0.15) is 17.5 Å².